The molecule has 1 heterocycles. The quantitative estimate of drug-likeness (QED) is 0.265. The van der Waals surface area contributed by atoms with Crippen LogP contribution in [0, 0.1) is 0 Å². The molecular weight excluding hydrogens is 375 g/mol. The van der Waals surface area contributed by atoms with Gasteiger partial charge in [-0.15, -0.1) is 0 Å². The zero-order valence-electron chi connectivity index (χ0n) is 16.3. The van der Waals surface area contributed by atoms with Gasteiger partial charge in [-0.25, -0.2) is 4.57 Å². The average molecular weight is 404 g/mol. The Labute approximate surface area is 172 Å². The Hall–Kier alpha value is -1.51. The molecule has 27 heavy (non-hydrogen) atoms. The molecule has 4 heteroatoms. The van der Waals surface area contributed by atoms with Crippen molar-refractivity contribution in [1.82, 2.24) is 4.57 Å². The molecule has 0 saturated carbocycles. The molecule has 144 valence electrons. The van der Waals surface area contributed by atoms with E-state index in [4.69, 9.17) is 23.2 Å². The maximum absolute atomic E-state index is 6.67. The van der Waals surface area contributed by atoms with Crippen molar-refractivity contribution in [3.8, 4) is 5.69 Å². The highest BCUT2D eigenvalue weighted by Gasteiger charge is 2.24. The zero-order valence-corrected chi connectivity index (χ0v) is 17.9. The number of rotatable bonds is 9. The van der Waals surface area contributed by atoms with Crippen molar-refractivity contribution in [1.29, 1.82) is 0 Å². The fourth-order valence-corrected chi connectivity index (χ4v) is 4.16. The first-order chi connectivity index (χ1) is 13.2. The van der Waals surface area contributed by atoms with Crippen LogP contribution in [0.1, 0.15) is 57.9 Å². The normalized spacial score (nSPS) is 11.4. The Kier molecular flexibility index (Phi) is 7.20. The second kappa shape index (κ2) is 9.61. The van der Waals surface area contributed by atoms with E-state index in [-0.39, 0.29) is 0 Å². The Morgan fingerprint density at radius 2 is 1.63 bits per heavy atom. The van der Waals surface area contributed by atoms with Crippen LogP contribution in [-0.4, -0.2) is 4.57 Å². The summed E-state index contributed by atoms with van der Waals surface area (Å²) in [6.07, 6.45) is 10.6. The number of aromatic nitrogens is 2. The minimum absolute atomic E-state index is 0.591. The van der Waals surface area contributed by atoms with E-state index in [1.54, 1.807) is 0 Å². The van der Waals surface area contributed by atoms with Gasteiger partial charge in [0, 0.05) is 5.39 Å². The van der Waals surface area contributed by atoms with Gasteiger partial charge in [0.05, 0.1) is 6.54 Å². The minimum atomic E-state index is 0.591. The number of halogens is 2. The summed E-state index contributed by atoms with van der Waals surface area (Å²) >= 11 is 13.3. The predicted molar refractivity (Wildman–Crippen MR) is 116 cm³/mol. The summed E-state index contributed by atoms with van der Waals surface area (Å²) in [7, 11) is 0. The highest BCUT2D eigenvalue weighted by Crippen LogP contribution is 2.31. The molecule has 1 aromatic heterocycles. The molecule has 0 aliphatic rings. The van der Waals surface area contributed by atoms with E-state index in [2.05, 4.69) is 65.7 Å². The molecular formula is C23H29Cl2N2+. The number of hydrogen-bond donors (Lipinski definition) is 0. The van der Waals surface area contributed by atoms with E-state index in [1.807, 2.05) is 0 Å². The molecule has 0 N–H and O–H groups in total. The summed E-state index contributed by atoms with van der Waals surface area (Å²) < 4.78 is 4.15. The topological polar surface area (TPSA) is 8.81 Å². The van der Waals surface area contributed by atoms with Gasteiger partial charge in [-0.1, -0.05) is 75.9 Å². The fraction of sp³-hybridized carbons (Fsp3) is 0.435. The van der Waals surface area contributed by atoms with Gasteiger partial charge in [-0.2, -0.15) is 4.57 Å². The second-order valence-electron chi connectivity index (χ2n) is 7.18. The number of unbranched alkanes of at least 4 members (excludes halogenated alkanes) is 5. The van der Waals surface area contributed by atoms with Crippen LogP contribution < -0.4 is 4.57 Å². The van der Waals surface area contributed by atoms with Crippen molar-refractivity contribution in [2.24, 2.45) is 0 Å². The van der Waals surface area contributed by atoms with Crippen LogP contribution in [0.25, 0.3) is 16.5 Å². The summed E-state index contributed by atoms with van der Waals surface area (Å²) in [5.41, 5.74) is 2.41. The van der Waals surface area contributed by atoms with E-state index < -0.39 is 0 Å². The van der Waals surface area contributed by atoms with Crippen molar-refractivity contribution >= 4 is 34.0 Å². The lowest BCUT2D eigenvalue weighted by Crippen LogP contribution is -2.32. The van der Waals surface area contributed by atoms with Crippen molar-refractivity contribution in [2.75, 3.05) is 0 Å². The van der Waals surface area contributed by atoms with Crippen LogP contribution in [0.2, 0.25) is 10.3 Å². The summed E-state index contributed by atoms with van der Waals surface area (Å²) in [6, 6.07) is 12.8. The van der Waals surface area contributed by atoms with Crippen LogP contribution in [0.15, 0.2) is 42.7 Å². The molecule has 0 aliphatic carbocycles. The van der Waals surface area contributed by atoms with E-state index in [1.165, 1.54) is 48.4 Å². The molecule has 0 fully saturated rings. The van der Waals surface area contributed by atoms with E-state index in [9.17, 15) is 0 Å². The van der Waals surface area contributed by atoms with Gasteiger partial charge in [-0.05, 0) is 53.4 Å². The largest absolute Gasteiger partial charge is 0.260 e. The lowest BCUT2D eigenvalue weighted by Gasteiger charge is -2.09. The monoisotopic (exact) mass is 403 g/mol. The van der Waals surface area contributed by atoms with Crippen LogP contribution in [0.4, 0.5) is 0 Å². The van der Waals surface area contributed by atoms with Gasteiger partial charge in [0.25, 0.3) is 16.6 Å². The third-order valence-corrected chi connectivity index (χ3v) is 6.10. The Bertz CT molecular complexity index is 899. The molecule has 0 amide bonds. The first-order valence-corrected chi connectivity index (χ1v) is 10.9. The van der Waals surface area contributed by atoms with Gasteiger partial charge < -0.3 is 0 Å². The van der Waals surface area contributed by atoms with Gasteiger partial charge >= 0.3 is 0 Å². The van der Waals surface area contributed by atoms with Gasteiger partial charge in [0.1, 0.15) is 5.69 Å². The molecule has 2 aromatic carbocycles. The lowest BCUT2D eigenvalue weighted by atomic mass is 10.0. The molecule has 0 radical (unpaired) electrons. The first kappa shape index (κ1) is 20.2. The standard InChI is InChI=1S/C23H29Cl2N2/c1-3-5-6-7-8-11-16-26-17-27(23(25)22(26)24)21-18(4-2)14-15-19-12-9-10-13-20(19)21/h9-10,12-15,17H,3-8,11,16H2,1-2H3/q+1. The maximum Gasteiger partial charge on any atom is 0.260 e. The van der Waals surface area contributed by atoms with E-state index in [0.717, 1.165) is 25.1 Å². The van der Waals surface area contributed by atoms with Crippen molar-refractivity contribution in [2.45, 2.75) is 65.3 Å². The Morgan fingerprint density at radius 1 is 0.889 bits per heavy atom. The number of fused-ring (bicyclic) bond motifs is 1. The highest BCUT2D eigenvalue weighted by atomic mass is 35.5. The Morgan fingerprint density at radius 3 is 2.41 bits per heavy atom. The molecule has 3 rings (SSSR count). The predicted octanol–water partition coefficient (Wildman–Crippen LogP) is 7.15. The highest BCUT2D eigenvalue weighted by molar-refractivity contribution is 6.40. The molecule has 0 atom stereocenters. The molecule has 0 aliphatic heterocycles. The summed E-state index contributed by atoms with van der Waals surface area (Å²) in [6.45, 7) is 5.33. The molecule has 0 spiro atoms. The average Bonchev–Trinajstić information content (AvgIpc) is 2.98. The number of benzene rings is 2. The molecule has 0 unspecified atom stereocenters. The Balaban J connectivity index is 1.89. The third kappa shape index (κ3) is 4.50. The van der Waals surface area contributed by atoms with Crippen LogP contribution >= 0.6 is 23.2 Å². The van der Waals surface area contributed by atoms with E-state index in [0.29, 0.717) is 10.3 Å². The molecule has 2 nitrogen and oxygen atoms in total. The number of hydrogen-bond acceptors (Lipinski definition) is 0. The van der Waals surface area contributed by atoms with Gasteiger partial charge in [0.2, 0.25) is 0 Å². The van der Waals surface area contributed by atoms with Crippen molar-refractivity contribution < 1.29 is 4.57 Å². The fourth-order valence-electron chi connectivity index (χ4n) is 3.70. The maximum atomic E-state index is 6.67. The van der Waals surface area contributed by atoms with Crippen molar-refractivity contribution in [3.63, 3.8) is 0 Å². The van der Waals surface area contributed by atoms with Gasteiger partial charge in [0.15, 0.2) is 0 Å². The first-order valence-electron chi connectivity index (χ1n) is 10.1. The third-order valence-electron chi connectivity index (χ3n) is 5.25. The van der Waals surface area contributed by atoms with Crippen molar-refractivity contribution in [3.05, 3.63) is 58.6 Å². The molecule has 3 aromatic rings. The minimum Gasteiger partial charge on any atom is -0.219 e. The summed E-state index contributed by atoms with van der Waals surface area (Å²) in [5.74, 6) is 0. The zero-order chi connectivity index (χ0) is 19.2. The molecule has 0 bridgehead atoms. The van der Waals surface area contributed by atoms with Crippen LogP contribution in [-0.2, 0) is 13.0 Å². The summed E-state index contributed by atoms with van der Waals surface area (Å²) in [4.78, 5) is 0. The second-order valence-corrected chi connectivity index (χ2v) is 7.89. The summed E-state index contributed by atoms with van der Waals surface area (Å²) in [5, 5.41) is 3.64. The number of nitrogens with zero attached hydrogens (tertiary/aromatic N) is 2. The van der Waals surface area contributed by atoms with E-state index >= 15 is 0 Å². The SMILES string of the molecule is CCCCCCCC[n+]1cn(-c2c(CC)ccc3ccccc23)c(Cl)c1Cl. The number of imidazole rings is 1. The lowest BCUT2D eigenvalue weighted by molar-refractivity contribution is -0.694. The van der Waals surface area contributed by atoms with Gasteiger partial charge in [-0.3, -0.25) is 0 Å². The molecule has 0 saturated heterocycles. The van der Waals surface area contributed by atoms with Crippen LogP contribution in [0.5, 0.6) is 0 Å². The number of aryl methyl sites for hydroxylation is 2. The van der Waals surface area contributed by atoms with Crippen LogP contribution in [0.3, 0.4) is 0 Å². The smallest absolute Gasteiger partial charge is 0.219 e.